The van der Waals surface area contributed by atoms with Crippen LogP contribution in [0.25, 0.3) is 22.3 Å². The van der Waals surface area contributed by atoms with E-state index in [1.54, 1.807) is 0 Å². The van der Waals surface area contributed by atoms with Crippen LogP contribution >= 0.6 is 0 Å². The van der Waals surface area contributed by atoms with Crippen molar-refractivity contribution in [2.24, 2.45) is 0 Å². The molecule has 41 heavy (non-hydrogen) atoms. The Morgan fingerprint density at radius 2 is 1.49 bits per heavy atom. The van der Waals surface area contributed by atoms with Crippen LogP contribution in [0.3, 0.4) is 0 Å². The molecule has 2 aromatic carbocycles. The van der Waals surface area contributed by atoms with Crippen molar-refractivity contribution in [3.63, 3.8) is 0 Å². The van der Waals surface area contributed by atoms with Crippen LogP contribution in [-0.2, 0) is 19.0 Å². The van der Waals surface area contributed by atoms with Crippen molar-refractivity contribution in [1.82, 2.24) is 0 Å². The highest BCUT2D eigenvalue weighted by molar-refractivity contribution is 5.92. The van der Waals surface area contributed by atoms with Crippen LogP contribution in [-0.4, -0.2) is 95.7 Å². The summed E-state index contributed by atoms with van der Waals surface area (Å²) in [5.41, 5.74) is -1.32. The first-order valence-corrected chi connectivity index (χ1v) is 12.6. The van der Waals surface area contributed by atoms with Crippen LogP contribution in [0.15, 0.2) is 39.5 Å². The molecule has 3 aromatic rings. The van der Waals surface area contributed by atoms with Gasteiger partial charge in [0.25, 0.3) is 0 Å². The average Bonchev–Trinajstić information content (AvgIpc) is 2.92. The smallest absolute Gasteiger partial charge is 0.197 e. The fraction of sp³-hybridized carbons (Fsp3) is 0.407. The number of aliphatic hydroxyl groups is 4. The van der Waals surface area contributed by atoms with Gasteiger partial charge in [0.2, 0.25) is 0 Å². The van der Waals surface area contributed by atoms with Crippen LogP contribution in [0.2, 0.25) is 0 Å². The molecule has 14 nitrogen and oxygen atoms in total. The Kier molecular flexibility index (Phi) is 7.42. The topological polar surface area (TPSA) is 237 Å². The molecule has 0 aliphatic carbocycles. The average molecular weight is 577 g/mol. The van der Waals surface area contributed by atoms with E-state index in [9.17, 15) is 50.4 Å². The highest BCUT2D eigenvalue weighted by Gasteiger charge is 2.50. The van der Waals surface area contributed by atoms with Gasteiger partial charge < -0.3 is 59.5 Å². The minimum Gasteiger partial charge on any atom is -0.507 e. The quantitative estimate of drug-likeness (QED) is 0.189. The standard InChI is InChI=1S/C27H28O14/c1-8-20(33)23(36)26(41-27-24(37)22(35)19(32)9(2)39-27)25(38-8)18-14(31)7-16-17(21(18)34)13(30)6-15(40-16)10-3-4-11(28)12(29)5-10/h3-9,19-20,22,24-29,31-35,37H,1-2H3/t8-,9-,19+,20+,22+,24+,25+,26-,27+/m1/s1. The molecule has 0 saturated carbocycles. The third kappa shape index (κ3) is 4.89. The fourth-order valence-electron chi connectivity index (χ4n) is 4.96. The first-order valence-electron chi connectivity index (χ1n) is 12.6. The predicted molar refractivity (Wildman–Crippen MR) is 136 cm³/mol. The number of benzene rings is 2. The number of ether oxygens (including phenoxy) is 3. The van der Waals surface area contributed by atoms with E-state index in [1.807, 2.05) is 0 Å². The van der Waals surface area contributed by atoms with E-state index < -0.39 is 100 Å². The van der Waals surface area contributed by atoms with E-state index in [4.69, 9.17) is 18.6 Å². The third-order valence-electron chi connectivity index (χ3n) is 7.30. The van der Waals surface area contributed by atoms with Gasteiger partial charge in [0.15, 0.2) is 35.1 Å². The monoisotopic (exact) mass is 576 g/mol. The number of aromatic hydroxyl groups is 4. The number of phenolic OH excluding ortho intramolecular Hbond substituents is 4. The van der Waals surface area contributed by atoms with Gasteiger partial charge in [-0.3, -0.25) is 9.59 Å². The summed E-state index contributed by atoms with van der Waals surface area (Å²) in [6, 6.07) is 5.67. The van der Waals surface area contributed by atoms with E-state index in [0.29, 0.717) is 0 Å². The molecule has 5 rings (SSSR count). The Labute approximate surface area is 230 Å². The number of ketones is 1. The Hall–Kier alpha value is -3.76. The lowest BCUT2D eigenvalue weighted by Gasteiger charge is -2.43. The summed E-state index contributed by atoms with van der Waals surface area (Å²) in [5, 5.41) is 82.0. The van der Waals surface area contributed by atoms with Gasteiger partial charge in [-0.2, -0.15) is 0 Å². The van der Waals surface area contributed by atoms with Gasteiger partial charge >= 0.3 is 0 Å². The molecule has 2 aliphatic rings. The third-order valence-corrected chi connectivity index (χ3v) is 7.30. The molecule has 2 aliphatic heterocycles. The van der Waals surface area contributed by atoms with Gasteiger partial charge in [-0.05, 0) is 32.0 Å². The van der Waals surface area contributed by atoms with Crippen LogP contribution in [0.4, 0.5) is 0 Å². The zero-order valence-electron chi connectivity index (χ0n) is 21.6. The maximum atomic E-state index is 13.1. The summed E-state index contributed by atoms with van der Waals surface area (Å²) < 4.78 is 22.5. The molecule has 0 radical (unpaired) electrons. The van der Waals surface area contributed by atoms with E-state index in [1.165, 1.54) is 26.0 Å². The number of carbonyl (C=O) groups is 1. The second kappa shape index (κ2) is 10.6. The molecule has 0 amide bonds. The molecule has 1 aromatic heterocycles. The molecule has 3 heterocycles. The minimum absolute atomic E-state index is 0.0651. The van der Waals surface area contributed by atoms with Crippen molar-refractivity contribution in [3.8, 4) is 34.3 Å². The number of carbonyl (C=O) groups excluding carboxylic acids is 1. The molecule has 8 N–H and O–H groups in total. The number of fused-ring (bicyclic) bond motifs is 1. The van der Waals surface area contributed by atoms with Gasteiger partial charge in [0, 0.05) is 17.7 Å². The van der Waals surface area contributed by atoms with Crippen molar-refractivity contribution in [3.05, 3.63) is 46.1 Å². The SMILES string of the molecule is C[C@H]1O[C@@H](O[C@@H]2C(=O)[C@@H](O)[C@@H](C)O[C@H]2c2c(O)cc3oc(-c4ccc(O)c(O)c4)cc(=O)c3c2O)[C@@H](O)[C@@H](O)[C@H]1O. The Bertz CT molecular complexity index is 1550. The zero-order chi connectivity index (χ0) is 29.9. The molecular weight excluding hydrogens is 548 g/mol. The van der Waals surface area contributed by atoms with Crippen LogP contribution in [0, 0.1) is 0 Å². The highest BCUT2D eigenvalue weighted by atomic mass is 16.7. The number of phenols is 4. The second-order valence-corrected chi connectivity index (χ2v) is 10.1. The lowest BCUT2D eigenvalue weighted by molar-refractivity contribution is -0.314. The molecule has 2 saturated heterocycles. The molecule has 0 bridgehead atoms. The summed E-state index contributed by atoms with van der Waals surface area (Å²) in [6.45, 7) is 2.74. The molecule has 9 atom stereocenters. The zero-order valence-corrected chi connectivity index (χ0v) is 21.6. The number of Topliss-reactive ketones (excluding diaryl/α,β-unsaturated/α-hetero) is 1. The van der Waals surface area contributed by atoms with E-state index in [2.05, 4.69) is 0 Å². The van der Waals surface area contributed by atoms with Crippen molar-refractivity contribution < 1.29 is 64.3 Å². The van der Waals surface area contributed by atoms with E-state index in [0.717, 1.165) is 18.2 Å². The Morgan fingerprint density at radius 3 is 2.17 bits per heavy atom. The van der Waals surface area contributed by atoms with Crippen molar-refractivity contribution in [2.45, 2.75) is 69.0 Å². The molecule has 14 heteroatoms. The molecular formula is C27H28O14. The Morgan fingerprint density at radius 1 is 0.780 bits per heavy atom. The normalized spacial score (nSPS) is 32.3. The molecule has 0 spiro atoms. The first kappa shape index (κ1) is 28.8. The first-order chi connectivity index (χ1) is 19.3. The molecule has 220 valence electrons. The number of rotatable bonds is 4. The summed E-state index contributed by atoms with van der Waals surface area (Å²) in [7, 11) is 0. The number of hydrogen-bond donors (Lipinski definition) is 8. The summed E-state index contributed by atoms with van der Waals surface area (Å²) in [4.78, 5) is 26.3. The maximum absolute atomic E-state index is 13.1. The van der Waals surface area contributed by atoms with E-state index >= 15 is 0 Å². The van der Waals surface area contributed by atoms with Crippen LogP contribution < -0.4 is 5.43 Å². The lowest BCUT2D eigenvalue weighted by atomic mass is 9.90. The number of hydrogen-bond acceptors (Lipinski definition) is 14. The minimum atomic E-state index is -1.82. The predicted octanol–water partition coefficient (Wildman–Crippen LogP) is -0.115. The molecule has 2 fully saturated rings. The fourth-order valence-corrected chi connectivity index (χ4v) is 4.96. The summed E-state index contributed by atoms with van der Waals surface area (Å²) in [6.07, 6.45) is -14.1. The summed E-state index contributed by atoms with van der Waals surface area (Å²) in [5.74, 6) is -3.42. The van der Waals surface area contributed by atoms with Crippen LogP contribution in [0.1, 0.15) is 25.5 Å². The van der Waals surface area contributed by atoms with Gasteiger partial charge in [0.05, 0.1) is 17.8 Å². The van der Waals surface area contributed by atoms with Crippen molar-refractivity contribution in [1.29, 1.82) is 0 Å². The van der Waals surface area contributed by atoms with Gasteiger partial charge in [-0.1, -0.05) is 0 Å². The maximum Gasteiger partial charge on any atom is 0.197 e. The van der Waals surface area contributed by atoms with Gasteiger partial charge in [-0.25, -0.2) is 0 Å². The van der Waals surface area contributed by atoms with E-state index in [-0.39, 0.29) is 16.9 Å². The van der Waals surface area contributed by atoms with Gasteiger partial charge in [-0.15, -0.1) is 0 Å². The van der Waals surface area contributed by atoms with Gasteiger partial charge in [0.1, 0.15) is 58.7 Å². The number of aliphatic hydroxyl groups excluding tert-OH is 4. The largest absolute Gasteiger partial charge is 0.507 e. The van der Waals surface area contributed by atoms with Crippen molar-refractivity contribution >= 4 is 16.8 Å². The highest BCUT2D eigenvalue weighted by Crippen LogP contribution is 2.45. The molecule has 0 unspecified atom stereocenters. The van der Waals surface area contributed by atoms with Crippen LogP contribution in [0.5, 0.6) is 23.0 Å². The van der Waals surface area contributed by atoms with Crippen molar-refractivity contribution in [2.75, 3.05) is 0 Å². The summed E-state index contributed by atoms with van der Waals surface area (Å²) >= 11 is 0. The Balaban J connectivity index is 1.58. The second-order valence-electron chi connectivity index (χ2n) is 10.1. The lowest BCUT2D eigenvalue weighted by Crippen LogP contribution is -2.60.